The SMILES string of the molecule is CCCCCCOC(=O)c1ccc(C(=O)OCCc2ccccc2Br)cc1. The third kappa shape index (κ3) is 7.18. The van der Waals surface area contributed by atoms with Crippen LogP contribution < -0.4 is 0 Å². The predicted octanol–water partition coefficient (Wildman–Crippen LogP) is 5.59. The lowest BCUT2D eigenvalue weighted by Gasteiger charge is -2.07. The van der Waals surface area contributed by atoms with Gasteiger partial charge >= 0.3 is 11.9 Å². The van der Waals surface area contributed by atoms with Gasteiger partial charge in [0.1, 0.15) is 0 Å². The first-order valence-electron chi connectivity index (χ1n) is 9.29. The fourth-order valence-corrected chi connectivity index (χ4v) is 3.04. The highest BCUT2D eigenvalue weighted by molar-refractivity contribution is 9.10. The molecule has 0 amide bonds. The molecule has 0 saturated heterocycles. The zero-order valence-electron chi connectivity index (χ0n) is 15.6. The Labute approximate surface area is 169 Å². The van der Waals surface area contributed by atoms with Crippen molar-refractivity contribution in [1.29, 1.82) is 0 Å². The average Bonchev–Trinajstić information content (AvgIpc) is 2.69. The molecule has 0 saturated carbocycles. The maximum absolute atomic E-state index is 12.1. The van der Waals surface area contributed by atoms with Crippen LogP contribution in [0.1, 0.15) is 58.9 Å². The molecule has 27 heavy (non-hydrogen) atoms. The molecule has 4 nitrogen and oxygen atoms in total. The van der Waals surface area contributed by atoms with E-state index in [-0.39, 0.29) is 5.97 Å². The Kier molecular flexibility index (Phi) is 9.05. The Morgan fingerprint density at radius 3 is 2.00 bits per heavy atom. The van der Waals surface area contributed by atoms with E-state index in [9.17, 15) is 9.59 Å². The van der Waals surface area contributed by atoms with Gasteiger partial charge in [-0.1, -0.05) is 60.3 Å². The molecule has 2 aromatic carbocycles. The van der Waals surface area contributed by atoms with Crippen LogP contribution in [0.25, 0.3) is 0 Å². The molecule has 0 aliphatic heterocycles. The Balaban J connectivity index is 1.77. The highest BCUT2D eigenvalue weighted by atomic mass is 79.9. The molecule has 0 unspecified atom stereocenters. The molecule has 0 radical (unpaired) electrons. The fourth-order valence-electron chi connectivity index (χ4n) is 2.56. The van der Waals surface area contributed by atoms with Gasteiger partial charge in [-0.3, -0.25) is 0 Å². The lowest BCUT2D eigenvalue weighted by atomic mass is 10.1. The summed E-state index contributed by atoms with van der Waals surface area (Å²) in [5.41, 5.74) is 1.94. The maximum Gasteiger partial charge on any atom is 0.338 e. The molecule has 144 valence electrons. The van der Waals surface area contributed by atoms with Crippen molar-refractivity contribution in [3.8, 4) is 0 Å². The molecule has 0 atom stereocenters. The minimum Gasteiger partial charge on any atom is -0.462 e. The van der Waals surface area contributed by atoms with Crippen molar-refractivity contribution in [2.24, 2.45) is 0 Å². The van der Waals surface area contributed by atoms with Gasteiger partial charge in [0.25, 0.3) is 0 Å². The molecule has 0 aliphatic carbocycles. The van der Waals surface area contributed by atoms with Gasteiger partial charge in [0.05, 0.1) is 24.3 Å². The summed E-state index contributed by atoms with van der Waals surface area (Å²) in [7, 11) is 0. The fraction of sp³-hybridized carbons (Fsp3) is 0.364. The zero-order valence-corrected chi connectivity index (χ0v) is 17.2. The van der Waals surface area contributed by atoms with Crippen LogP contribution in [0.2, 0.25) is 0 Å². The van der Waals surface area contributed by atoms with Crippen molar-refractivity contribution >= 4 is 27.9 Å². The lowest BCUT2D eigenvalue weighted by molar-refractivity contribution is 0.0488. The normalized spacial score (nSPS) is 10.4. The molecule has 0 N–H and O–H groups in total. The number of rotatable bonds is 10. The average molecular weight is 433 g/mol. The third-order valence-electron chi connectivity index (χ3n) is 4.15. The number of hydrogen-bond acceptors (Lipinski definition) is 4. The summed E-state index contributed by atoms with van der Waals surface area (Å²) >= 11 is 3.48. The van der Waals surface area contributed by atoms with Gasteiger partial charge in [-0.05, 0) is 42.3 Å². The van der Waals surface area contributed by atoms with Crippen molar-refractivity contribution in [2.75, 3.05) is 13.2 Å². The largest absolute Gasteiger partial charge is 0.462 e. The van der Waals surface area contributed by atoms with E-state index >= 15 is 0 Å². The second kappa shape index (κ2) is 11.5. The van der Waals surface area contributed by atoms with Crippen molar-refractivity contribution in [2.45, 2.75) is 39.0 Å². The Hall–Kier alpha value is -2.14. The van der Waals surface area contributed by atoms with Gasteiger partial charge in [-0.15, -0.1) is 0 Å². The summed E-state index contributed by atoms with van der Waals surface area (Å²) in [6.07, 6.45) is 4.87. The summed E-state index contributed by atoms with van der Waals surface area (Å²) in [5.74, 6) is -0.762. The third-order valence-corrected chi connectivity index (χ3v) is 4.92. The van der Waals surface area contributed by atoms with Crippen molar-refractivity contribution in [1.82, 2.24) is 0 Å². The quantitative estimate of drug-likeness (QED) is 0.362. The first-order chi connectivity index (χ1) is 13.1. The topological polar surface area (TPSA) is 52.6 Å². The van der Waals surface area contributed by atoms with E-state index < -0.39 is 5.97 Å². The van der Waals surface area contributed by atoms with Crippen LogP contribution in [0, 0.1) is 0 Å². The first kappa shape index (κ1) is 21.2. The van der Waals surface area contributed by atoms with Gasteiger partial charge in [0.2, 0.25) is 0 Å². The van der Waals surface area contributed by atoms with E-state index in [1.54, 1.807) is 24.3 Å². The Bertz CT molecular complexity index is 740. The van der Waals surface area contributed by atoms with Crippen LogP contribution in [0.3, 0.4) is 0 Å². The second-order valence-corrected chi connectivity index (χ2v) is 7.11. The molecule has 0 aromatic heterocycles. The number of halogens is 1. The molecule has 5 heteroatoms. The molecule has 0 fully saturated rings. The van der Waals surface area contributed by atoms with E-state index in [0.29, 0.717) is 30.8 Å². The smallest absolute Gasteiger partial charge is 0.338 e. The van der Waals surface area contributed by atoms with Gasteiger partial charge < -0.3 is 9.47 Å². The van der Waals surface area contributed by atoms with E-state index in [0.717, 1.165) is 35.7 Å². The molecular formula is C22H25BrO4. The van der Waals surface area contributed by atoms with Crippen LogP contribution in [0.15, 0.2) is 53.0 Å². The monoisotopic (exact) mass is 432 g/mol. The van der Waals surface area contributed by atoms with Crippen molar-refractivity contribution in [3.05, 3.63) is 69.7 Å². The molecule has 0 aliphatic rings. The number of ether oxygens (including phenoxy) is 2. The highest BCUT2D eigenvalue weighted by Crippen LogP contribution is 2.16. The van der Waals surface area contributed by atoms with Crippen LogP contribution >= 0.6 is 15.9 Å². The second-order valence-electron chi connectivity index (χ2n) is 6.25. The minimum absolute atomic E-state index is 0.295. The van der Waals surface area contributed by atoms with Crippen LogP contribution in [0.4, 0.5) is 0 Å². The van der Waals surface area contributed by atoms with Crippen LogP contribution in [0.5, 0.6) is 0 Å². The van der Waals surface area contributed by atoms with E-state index in [1.165, 1.54) is 0 Å². The minimum atomic E-state index is -0.401. The number of esters is 2. The number of benzene rings is 2. The number of carbonyl (C=O) groups is 2. The Morgan fingerprint density at radius 2 is 1.41 bits per heavy atom. The summed E-state index contributed by atoms with van der Waals surface area (Å²) in [6, 6.07) is 14.2. The van der Waals surface area contributed by atoms with Gasteiger partial charge in [-0.2, -0.15) is 0 Å². The van der Waals surface area contributed by atoms with Gasteiger partial charge in [-0.25, -0.2) is 9.59 Å². The molecule has 2 aromatic rings. The summed E-state index contributed by atoms with van der Waals surface area (Å²) in [5, 5.41) is 0. The molecule has 2 rings (SSSR count). The lowest BCUT2D eigenvalue weighted by Crippen LogP contribution is -2.10. The summed E-state index contributed by atoms with van der Waals surface area (Å²) in [6.45, 7) is 2.86. The van der Waals surface area contributed by atoms with Crippen molar-refractivity contribution in [3.63, 3.8) is 0 Å². The summed E-state index contributed by atoms with van der Waals surface area (Å²) in [4.78, 5) is 24.1. The molecular weight excluding hydrogens is 408 g/mol. The molecule has 0 heterocycles. The van der Waals surface area contributed by atoms with Crippen LogP contribution in [-0.4, -0.2) is 25.2 Å². The van der Waals surface area contributed by atoms with E-state index in [4.69, 9.17) is 9.47 Å². The van der Waals surface area contributed by atoms with Crippen molar-refractivity contribution < 1.29 is 19.1 Å². The summed E-state index contributed by atoms with van der Waals surface area (Å²) < 4.78 is 11.6. The van der Waals surface area contributed by atoms with Gasteiger partial charge in [0.15, 0.2) is 0 Å². The number of unbranched alkanes of at least 4 members (excludes halogenated alkanes) is 3. The zero-order chi connectivity index (χ0) is 19.5. The molecule has 0 bridgehead atoms. The van der Waals surface area contributed by atoms with E-state index in [2.05, 4.69) is 22.9 Å². The predicted molar refractivity (Wildman–Crippen MR) is 109 cm³/mol. The number of carbonyl (C=O) groups excluding carboxylic acids is 2. The standard InChI is InChI=1S/C22H25BrO4/c1-2-3-4-7-15-26-21(24)18-10-12-19(13-11-18)22(25)27-16-14-17-8-5-6-9-20(17)23/h5-6,8-13H,2-4,7,14-16H2,1H3. The number of hydrogen-bond donors (Lipinski definition) is 0. The Morgan fingerprint density at radius 1 is 0.815 bits per heavy atom. The van der Waals surface area contributed by atoms with Gasteiger partial charge in [0, 0.05) is 10.9 Å². The highest BCUT2D eigenvalue weighted by Gasteiger charge is 2.11. The maximum atomic E-state index is 12.1. The van der Waals surface area contributed by atoms with Crippen LogP contribution in [-0.2, 0) is 15.9 Å². The molecule has 0 spiro atoms. The first-order valence-corrected chi connectivity index (χ1v) is 10.1. The van der Waals surface area contributed by atoms with E-state index in [1.807, 2.05) is 24.3 Å².